The number of para-hydroxylation sites is 1. The van der Waals surface area contributed by atoms with E-state index in [1.54, 1.807) is 0 Å². The Morgan fingerprint density at radius 2 is 1.97 bits per heavy atom. The molecule has 0 spiro atoms. The first-order chi connectivity index (χ1) is 18.4. The summed E-state index contributed by atoms with van der Waals surface area (Å²) in [6, 6.07) is 13.5. The minimum Gasteiger partial charge on any atom is -0.492 e. The lowest BCUT2D eigenvalue weighted by Crippen LogP contribution is -2.39. The van der Waals surface area contributed by atoms with Gasteiger partial charge in [-0.3, -0.25) is 9.89 Å². The van der Waals surface area contributed by atoms with Crippen molar-refractivity contribution in [3.05, 3.63) is 65.1 Å². The summed E-state index contributed by atoms with van der Waals surface area (Å²) in [4.78, 5) is 25.2. The first-order valence-electron chi connectivity index (χ1n) is 13.0. The maximum Gasteiger partial charge on any atom is 0.231 e. The highest BCUT2D eigenvalue weighted by atomic mass is 16.5. The largest absolute Gasteiger partial charge is 0.492 e. The Bertz CT molecular complexity index is 1240. The molecule has 1 aliphatic rings. The Hall–Kier alpha value is -4.10. The molecule has 10 heteroatoms. The van der Waals surface area contributed by atoms with Crippen molar-refractivity contribution in [1.82, 2.24) is 25.0 Å². The van der Waals surface area contributed by atoms with E-state index in [4.69, 9.17) is 16.3 Å². The van der Waals surface area contributed by atoms with Crippen LogP contribution in [0.15, 0.2) is 42.5 Å². The second kappa shape index (κ2) is 12.9. The van der Waals surface area contributed by atoms with Crippen LogP contribution >= 0.6 is 0 Å². The van der Waals surface area contributed by atoms with E-state index in [1.807, 2.05) is 73.3 Å². The third-order valence-corrected chi connectivity index (χ3v) is 6.56. The zero-order valence-electron chi connectivity index (χ0n) is 22.3. The number of nitrogens with zero attached hydrogens (tertiary/aromatic N) is 5. The lowest BCUT2D eigenvalue weighted by atomic mass is 9.88. The Balaban J connectivity index is 1.50. The summed E-state index contributed by atoms with van der Waals surface area (Å²) in [7, 11) is 3.95. The quantitative estimate of drug-likeness (QED) is 0.254. The van der Waals surface area contributed by atoms with E-state index in [9.17, 15) is 4.79 Å². The molecule has 0 atom stereocenters. The third kappa shape index (κ3) is 7.23. The molecule has 2 aromatic heterocycles. The number of nitrogens with one attached hydrogen (secondary N) is 3. The molecule has 10 nitrogen and oxygen atoms in total. The van der Waals surface area contributed by atoms with E-state index >= 15 is 0 Å². The molecule has 1 amide bonds. The number of aromatic amines is 1. The van der Waals surface area contributed by atoms with Crippen LogP contribution in [0.5, 0.6) is 5.75 Å². The molecule has 0 bridgehead atoms. The highest BCUT2D eigenvalue weighted by molar-refractivity contribution is 5.77. The number of aromatic nitrogens is 3. The minimum absolute atomic E-state index is 0.155. The number of aryl methyl sites for hydroxylation is 1. The predicted molar refractivity (Wildman–Crippen MR) is 149 cm³/mol. The smallest absolute Gasteiger partial charge is 0.231 e. The van der Waals surface area contributed by atoms with Crippen LogP contribution in [0, 0.1) is 13.5 Å². The van der Waals surface area contributed by atoms with Gasteiger partial charge in [-0.05, 0) is 63.5 Å². The topological polar surface area (TPSA) is 103 Å². The van der Waals surface area contributed by atoms with Crippen molar-refractivity contribution in [2.24, 2.45) is 0 Å². The molecule has 3 heterocycles. The fourth-order valence-electron chi connectivity index (χ4n) is 4.56. The highest BCUT2D eigenvalue weighted by Gasteiger charge is 2.27. The van der Waals surface area contributed by atoms with Gasteiger partial charge in [-0.1, -0.05) is 18.2 Å². The standard InChI is InChI=1S/C28H36N8O2/c1-20-18-25(34-33-20)31-24-19-23(21-10-15-36(16-11-21)26(37)12-14-35(3)4)27(29-2)28(32-24)30-13-17-38-22-8-6-5-7-9-22/h5-9,18-19,21H,10-17H2,1,3-4H3,(H3,30,31,32,33,34). The number of likely N-dealkylation sites (tertiary alicyclic amines) is 1. The van der Waals surface area contributed by atoms with Gasteiger partial charge in [-0.15, -0.1) is 0 Å². The average molecular weight is 517 g/mol. The van der Waals surface area contributed by atoms with Gasteiger partial charge in [0.1, 0.15) is 24.0 Å². The summed E-state index contributed by atoms with van der Waals surface area (Å²) in [5, 5.41) is 13.8. The van der Waals surface area contributed by atoms with Gasteiger partial charge < -0.3 is 25.2 Å². The van der Waals surface area contributed by atoms with Crippen molar-refractivity contribution < 1.29 is 9.53 Å². The van der Waals surface area contributed by atoms with Gasteiger partial charge in [-0.2, -0.15) is 5.10 Å². The molecule has 0 radical (unpaired) electrons. The number of H-pyrrole nitrogens is 1. The number of hydrogen-bond donors (Lipinski definition) is 3. The lowest BCUT2D eigenvalue weighted by Gasteiger charge is -2.33. The molecule has 0 aliphatic carbocycles. The molecule has 1 fully saturated rings. The zero-order valence-corrected chi connectivity index (χ0v) is 22.3. The van der Waals surface area contributed by atoms with Crippen molar-refractivity contribution in [3.8, 4) is 5.75 Å². The van der Waals surface area contributed by atoms with Crippen molar-refractivity contribution >= 4 is 29.0 Å². The summed E-state index contributed by atoms with van der Waals surface area (Å²) in [6.45, 7) is 12.9. The van der Waals surface area contributed by atoms with Crippen LogP contribution < -0.4 is 15.4 Å². The highest BCUT2D eigenvalue weighted by Crippen LogP contribution is 2.40. The number of hydrogen-bond acceptors (Lipinski definition) is 7. The van der Waals surface area contributed by atoms with Crippen LogP contribution in [0.4, 0.5) is 23.1 Å². The van der Waals surface area contributed by atoms with Crippen LogP contribution in [0.3, 0.4) is 0 Å². The second-order valence-corrected chi connectivity index (χ2v) is 9.76. The van der Waals surface area contributed by atoms with Gasteiger partial charge in [0.2, 0.25) is 11.6 Å². The van der Waals surface area contributed by atoms with E-state index < -0.39 is 0 Å². The molecule has 38 heavy (non-hydrogen) atoms. The van der Waals surface area contributed by atoms with E-state index in [1.165, 1.54) is 0 Å². The van der Waals surface area contributed by atoms with Crippen LogP contribution in [-0.4, -0.2) is 77.8 Å². The predicted octanol–water partition coefficient (Wildman–Crippen LogP) is 4.56. The Kier molecular flexibility index (Phi) is 9.16. The number of amides is 1. The minimum atomic E-state index is 0.155. The number of pyridine rings is 1. The monoisotopic (exact) mass is 516 g/mol. The lowest BCUT2D eigenvalue weighted by molar-refractivity contribution is -0.132. The van der Waals surface area contributed by atoms with Crippen molar-refractivity contribution in [1.29, 1.82) is 0 Å². The fourth-order valence-corrected chi connectivity index (χ4v) is 4.56. The maximum atomic E-state index is 12.6. The number of anilines is 3. The fraction of sp³-hybridized carbons (Fsp3) is 0.429. The van der Waals surface area contributed by atoms with Crippen LogP contribution in [-0.2, 0) is 4.79 Å². The summed E-state index contributed by atoms with van der Waals surface area (Å²) < 4.78 is 5.81. The summed E-state index contributed by atoms with van der Waals surface area (Å²) >= 11 is 0. The normalized spacial score (nSPS) is 13.8. The molecule has 1 aromatic carbocycles. The van der Waals surface area contributed by atoms with Gasteiger partial charge in [0, 0.05) is 44.4 Å². The molecule has 200 valence electrons. The number of rotatable bonds is 11. The first kappa shape index (κ1) is 26.9. The third-order valence-electron chi connectivity index (χ3n) is 6.56. The van der Waals surface area contributed by atoms with Gasteiger partial charge in [-0.25, -0.2) is 9.83 Å². The SMILES string of the molecule is [C-]#[N+]c1c(C2CCN(C(=O)CCN(C)C)CC2)cc(Nc2cc(C)[nH]n2)nc1NCCOc1ccccc1. The van der Waals surface area contributed by atoms with E-state index in [2.05, 4.69) is 25.7 Å². The Labute approximate surface area is 224 Å². The van der Waals surface area contributed by atoms with Gasteiger partial charge >= 0.3 is 0 Å². The Morgan fingerprint density at radius 3 is 2.63 bits per heavy atom. The molecule has 1 saturated heterocycles. The van der Waals surface area contributed by atoms with Crippen molar-refractivity contribution in [3.63, 3.8) is 0 Å². The zero-order chi connectivity index (χ0) is 26.9. The number of ether oxygens (including phenoxy) is 1. The van der Waals surface area contributed by atoms with Crippen LogP contribution in [0.2, 0.25) is 0 Å². The number of benzene rings is 1. The number of carbonyl (C=O) groups excluding carboxylic acids is 1. The van der Waals surface area contributed by atoms with Gasteiger partial charge in [0.25, 0.3) is 0 Å². The summed E-state index contributed by atoms with van der Waals surface area (Å²) in [5.74, 6) is 2.95. The molecule has 1 aliphatic heterocycles. The summed E-state index contributed by atoms with van der Waals surface area (Å²) in [6.07, 6.45) is 2.13. The second-order valence-electron chi connectivity index (χ2n) is 9.76. The molecule has 3 N–H and O–H groups in total. The number of piperidine rings is 1. The van der Waals surface area contributed by atoms with Gasteiger partial charge in [0.05, 0.1) is 6.57 Å². The average Bonchev–Trinajstić information content (AvgIpc) is 3.34. The molecule has 0 unspecified atom stereocenters. The van der Waals surface area contributed by atoms with Crippen LogP contribution in [0.25, 0.3) is 4.85 Å². The molecule has 4 rings (SSSR count). The van der Waals surface area contributed by atoms with Gasteiger partial charge in [0.15, 0.2) is 5.82 Å². The van der Waals surface area contributed by atoms with E-state index in [0.29, 0.717) is 55.8 Å². The molecule has 3 aromatic rings. The first-order valence-corrected chi connectivity index (χ1v) is 13.0. The van der Waals surface area contributed by atoms with Crippen LogP contribution in [0.1, 0.15) is 36.4 Å². The van der Waals surface area contributed by atoms with E-state index in [0.717, 1.165) is 36.4 Å². The summed E-state index contributed by atoms with van der Waals surface area (Å²) in [5.41, 5.74) is 2.40. The molecule has 0 saturated carbocycles. The molecular weight excluding hydrogens is 480 g/mol. The van der Waals surface area contributed by atoms with E-state index in [-0.39, 0.29) is 11.8 Å². The van der Waals surface area contributed by atoms with Crippen molar-refractivity contribution in [2.75, 3.05) is 57.5 Å². The number of carbonyl (C=O) groups is 1. The molecular formula is C28H36N8O2. The maximum absolute atomic E-state index is 12.6. The Morgan fingerprint density at radius 1 is 1.21 bits per heavy atom. The van der Waals surface area contributed by atoms with Crippen molar-refractivity contribution in [2.45, 2.75) is 32.1 Å².